The Morgan fingerprint density at radius 3 is 1.02 bits per heavy atom. The highest BCUT2D eigenvalue weighted by Gasteiger charge is 2.19. The molecule has 0 rings (SSSR count). The normalized spacial score (nSPS) is 12.3. The zero-order chi connectivity index (χ0) is 42.3. The van der Waals surface area contributed by atoms with Gasteiger partial charge in [0.15, 0.2) is 6.10 Å². The Hall–Kier alpha value is -2.37. The SMILES string of the molecule is CCCCC/C=C\C/C=C\CCCCCCCCCC(=O)OCC(COC(=O)CCCCCCCCCCCC)OC(=O)CCCCCCC/C=C\CCCCCC. The highest BCUT2D eigenvalue weighted by Crippen LogP contribution is 2.14. The highest BCUT2D eigenvalue weighted by atomic mass is 16.6. The molecule has 0 aliphatic heterocycles. The van der Waals surface area contributed by atoms with Crippen LogP contribution in [0.4, 0.5) is 0 Å². The molecule has 0 heterocycles. The Bertz CT molecular complexity index is 984. The summed E-state index contributed by atoms with van der Waals surface area (Å²) in [7, 11) is 0. The fraction of sp³-hybridized carbons (Fsp3) is 0.827. The molecule has 0 bridgehead atoms. The second kappa shape index (κ2) is 47.3. The van der Waals surface area contributed by atoms with Crippen LogP contribution in [0.25, 0.3) is 0 Å². The van der Waals surface area contributed by atoms with E-state index in [0.717, 1.165) is 77.0 Å². The first-order valence-corrected chi connectivity index (χ1v) is 25.0. The molecule has 0 radical (unpaired) electrons. The van der Waals surface area contributed by atoms with Crippen molar-refractivity contribution in [3.8, 4) is 0 Å². The lowest BCUT2D eigenvalue weighted by Crippen LogP contribution is -2.30. The average molecular weight is 815 g/mol. The van der Waals surface area contributed by atoms with Gasteiger partial charge in [-0.3, -0.25) is 14.4 Å². The maximum atomic E-state index is 12.7. The van der Waals surface area contributed by atoms with Crippen molar-refractivity contribution < 1.29 is 28.6 Å². The smallest absolute Gasteiger partial charge is 0.306 e. The number of esters is 3. The van der Waals surface area contributed by atoms with E-state index in [9.17, 15) is 14.4 Å². The summed E-state index contributed by atoms with van der Waals surface area (Å²) in [6.45, 7) is 6.58. The molecule has 0 amide bonds. The zero-order valence-electron chi connectivity index (χ0n) is 38.6. The third-order valence-electron chi connectivity index (χ3n) is 10.9. The second-order valence-electron chi connectivity index (χ2n) is 16.7. The van der Waals surface area contributed by atoms with Crippen molar-refractivity contribution in [2.45, 2.75) is 264 Å². The van der Waals surface area contributed by atoms with Gasteiger partial charge in [0, 0.05) is 19.3 Å². The second-order valence-corrected chi connectivity index (χ2v) is 16.7. The number of carbonyl (C=O) groups excluding carboxylic acids is 3. The van der Waals surface area contributed by atoms with Crippen LogP contribution in [-0.4, -0.2) is 37.2 Å². The van der Waals surface area contributed by atoms with E-state index in [1.165, 1.54) is 141 Å². The minimum absolute atomic E-state index is 0.0757. The van der Waals surface area contributed by atoms with Crippen LogP contribution in [0, 0.1) is 0 Å². The molecule has 0 aromatic rings. The molecule has 1 atom stereocenters. The van der Waals surface area contributed by atoms with Crippen LogP contribution in [0.5, 0.6) is 0 Å². The van der Waals surface area contributed by atoms with Gasteiger partial charge in [0.1, 0.15) is 13.2 Å². The summed E-state index contributed by atoms with van der Waals surface area (Å²) in [6.07, 6.45) is 54.1. The molecule has 0 aromatic carbocycles. The van der Waals surface area contributed by atoms with E-state index in [0.29, 0.717) is 19.3 Å². The monoisotopic (exact) mass is 815 g/mol. The Morgan fingerprint density at radius 2 is 0.621 bits per heavy atom. The molecule has 0 aliphatic carbocycles. The lowest BCUT2D eigenvalue weighted by molar-refractivity contribution is -0.167. The Balaban J connectivity index is 4.34. The molecule has 6 heteroatoms. The predicted octanol–water partition coefficient (Wildman–Crippen LogP) is 16.1. The summed E-state index contributed by atoms with van der Waals surface area (Å²) >= 11 is 0. The summed E-state index contributed by atoms with van der Waals surface area (Å²) in [4.78, 5) is 37.8. The molecule has 0 N–H and O–H groups in total. The fourth-order valence-electron chi connectivity index (χ4n) is 7.05. The van der Waals surface area contributed by atoms with Gasteiger partial charge in [-0.1, -0.05) is 198 Å². The Labute approximate surface area is 359 Å². The summed E-state index contributed by atoms with van der Waals surface area (Å²) in [5, 5.41) is 0. The standard InChI is InChI=1S/C52H94O6/c1-4-7-10-13-16-19-22-24-25-26-27-29-30-33-36-39-42-45-51(54)57-48-49(47-56-50(53)44-41-38-35-32-21-18-15-12-9-6-3)58-52(55)46-43-40-37-34-31-28-23-20-17-14-11-8-5-2/h16,19-20,23-25,49H,4-15,17-18,21-22,26-48H2,1-3H3/b19-16-,23-20-,25-24-. The highest BCUT2D eigenvalue weighted by molar-refractivity contribution is 5.71. The fourth-order valence-corrected chi connectivity index (χ4v) is 7.05. The van der Waals surface area contributed by atoms with Gasteiger partial charge >= 0.3 is 17.9 Å². The molecule has 0 saturated carbocycles. The van der Waals surface area contributed by atoms with Crippen LogP contribution in [0.1, 0.15) is 258 Å². The van der Waals surface area contributed by atoms with E-state index in [-0.39, 0.29) is 31.1 Å². The van der Waals surface area contributed by atoms with Gasteiger partial charge in [0.2, 0.25) is 0 Å². The minimum atomic E-state index is -0.774. The van der Waals surface area contributed by atoms with E-state index < -0.39 is 6.10 Å². The molecule has 6 nitrogen and oxygen atoms in total. The van der Waals surface area contributed by atoms with E-state index in [1.807, 2.05) is 0 Å². The molecule has 338 valence electrons. The van der Waals surface area contributed by atoms with Crippen molar-refractivity contribution in [3.05, 3.63) is 36.5 Å². The largest absolute Gasteiger partial charge is 0.462 e. The lowest BCUT2D eigenvalue weighted by Gasteiger charge is -2.18. The van der Waals surface area contributed by atoms with E-state index in [1.54, 1.807) is 0 Å². The molecule has 0 aromatic heterocycles. The number of unbranched alkanes of at least 4 members (excludes halogenated alkanes) is 28. The Morgan fingerprint density at radius 1 is 0.345 bits per heavy atom. The molecule has 0 spiro atoms. The summed E-state index contributed by atoms with van der Waals surface area (Å²) < 4.78 is 16.7. The van der Waals surface area contributed by atoms with Crippen molar-refractivity contribution in [2.75, 3.05) is 13.2 Å². The maximum absolute atomic E-state index is 12.7. The van der Waals surface area contributed by atoms with Gasteiger partial charge < -0.3 is 14.2 Å². The van der Waals surface area contributed by atoms with Gasteiger partial charge in [-0.15, -0.1) is 0 Å². The van der Waals surface area contributed by atoms with Gasteiger partial charge in [-0.05, 0) is 77.0 Å². The summed E-state index contributed by atoms with van der Waals surface area (Å²) in [5.74, 6) is -0.888. The first-order chi connectivity index (χ1) is 28.5. The van der Waals surface area contributed by atoms with Gasteiger partial charge in [-0.25, -0.2) is 0 Å². The molecule has 58 heavy (non-hydrogen) atoms. The molecule has 0 fully saturated rings. The third kappa shape index (κ3) is 44.7. The molecule has 1 unspecified atom stereocenters. The molecular weight excluding hydrogens is 721 g/mol. The van der Waals surface area contributed by atoms with Crippen LogP contribution in [0.2, 0.25) is 0 Å². The molecular formula is C52H94O6. The number of hydrogen-bond donors (Lipinski definition) is 0. The van der Waals surface area contributed by atoms with E-state index in [4.69, 9.17) is 14.2 Å². The Kier molecular flexibility index (Phi) is 45.4. The van der Waals surface area contributed by atoms with E-state index >= 15 is 0 Å². The van der Waals surface area contributed by atoms with Crippen molar-refractivity contribution in [3.63, 3.8) is 0 Å². The van der Waals surface area contributed by atoms with Crippen molar-refractivity contribution in [2.24, 2.45) is 0 Å². The van der Waals surface area contributed by atoms with Crippen LogP contribution in [0.15, 0.2) is 36.5 Å². The average Bonchev–Trinajstić information content (AvgIpc) is 3.22. The van der Waals surface area contributed by atoms with Crippen LogP contribution >= 0.6 is 0 Å². The third-order valence-corrected chi connectivity index (χ3v) is 10.9. The summed E-state index contributed by atoms with van der Waals surface area (Å²) in [5.41, 5.74) is 0. The van der Waals surface area contributed by atoms with Crippen LogP contribution < -0.4 is 0 Å². The minimum Gasteiger partial charge on any atom is -0.462 e. The van der Waals surface area contributed by atoms with Gasteiger partial charge in [-0.2, -0.15) is 0 Å². The zero-order valence-corrected chi connectivity index (χ0v) is 38.6. The topological polar surface area (TPSA) is 78.9 Å². The number of allylic oxidation sites excluding steroid dienone is 6. The van der Waals surface area contributed by atoms with Crippen molar-refractivity contribution in [1.82, 2.24) is 0 Å². The first kappa shape index (κ1) is 55.6. The van der Waals surface area contributed by atoms with Crippen LogP contribution in [-0.2, 0) is 28.6 Å². The number of rotatable bonds is 45. The van der Waals surface area contributed by atoms with Crippen molar-refractivity contribution >= 4 is 17.9 Å². The molecule has 0 aliphatic rings. The number of carbonyl (C=O) groups is 3. The lowest BCUT2D eigenvalue weighted by atomic mass is 10.1. The maximum Gasteiger partial charge on any atom is 0.306 e. The summed E-state index contributed by atoms with van der Waals surface area (Å²) in [6, 6.07) is 0. The van der Waals surface area contributed by atoms with Gasteiger partial charge in [0.05, 0.1) is 0 Å². The van der Waals surface area contributed by atoms with Crippen molar-refractivity contribution in [1.29, 1.82) is 0 Å². The van der Waals surface area contributed by atoms with Crippen LogP contribution in [0.3, 0.4) is 0 Å². The number of hydrogen-bond acceptors (Lipinski definition) is 6. The first-order valence-electron chi connectivity index (χ1n) is 25.0. The predicted molar refractivity (Wildman–Crippen MR) is 247 cm³/mol. The number of ether oxygens (including phenoxy) is 3. The quantitative estimate of drug-likeness (QED) is 0.0264. The van der Waals surface area contributed by atoms with E-state index in [2.05, 4.69) is 57.2 Å². The molecule has 0 saturated heterocycles. The van der Waals surface area contributed by atoms with Gasteiger partial charge in [0.25, 0.3) is 0 Å².